The van der Waals surface area contributed by atoms with E-state index in [1.54, 1.807) is 0 Å². The van der Waals surface area contributed by atoms with Gasteiger partial charge in [-0.3, -0.25) is 4.90 Å². The number of rotatable bonds is 8. The molecule has 0 amide bonds. The van der Waals surface area contributed by atoms with Gasteiger partial charge < -0.3 is 9.84 Å². The largest absolute Gasteiger partial charge is 0.401 e. The average Bonchev–Trinajstić information content (AvgIpc) is 2.98. The maximum atomic E-state index is 12.4. The quantitative estimate of drug-likeness (QED) is 0.768. The molecule has 25 heavy (non-hydrogen) atoms. The van der Waals surface area contributed by atoms with Gasteiger partial charge >= 0.3 is 6.18 Å². The Morgan fingerprint density at radius 1 is 1.24 bits per heavy atom. The van der Waals surface area contributed by atoms with Crippen molar-refractivity contribution in [2.75, 3.05) is 19.6 Å². The second-order valence-corrected chi connectivity index (χ2v) is 7.44. The van der Waals surface area contributed by atoms with E-state index in [0.29, 0.717) is 37.4 Å². The summed E-state index contributed by atoms with van der Waals surface area (Å²) in [6.45, 7) is 7.07. The molecule has 0 aliphatic carbocycles. The molecule has 1 saturated heterocycles. The van der Waals surface area contributed by atoms with E-state index in [2.05, 4.69) is 36.2 Å². The van der Waals surface area contributed by atoms with Crippen LogP contribution in [-0.4, -0.2) is 46.9 Å². The smallest absolute Gasteiger partial charge is 0.338 e. The molecule has 0 radical (unpaired) electrons. The summed E-state index contributed by atoms with van der Waals surface area (Å²) in [7, 11) is 0. The summed E-state index contributed by atoms with van der Waals surface area (Å²) in [6, 6.07) is 0.207. The monoisotopic (exact) mass is 362 g/mol. The summed E-state index contributed by atoms with van der Waals surface area (Å²) < 4.78 is 42.5. The number of likely N-dealkylation sites (tertiary alicyclic amines) is 1. The van der Waals surface area contributed by atoms with Gasteiger partial charge in [0.25, 0.3) is 0 Å². The fraction of sp³-hybridized carbons (Fsp3) is 0.882. The first-order valence-corrected chi connectivity index (χ1v) is 9.07. The van der Waals surface area contributed by atoms with Crippen molar-refractivity contribution in [2.45, 2.75) is 65.2 Å². The normalized spacial score (nSPS) is 18.8. The van der Waals surface area contributed by atoms with Crippen LogP contribution in [0.3, 0.4) is 0 Å². The number of alkyl halides is 3. The molecular weight excluding hydrogens is 333 g/mol. The van der Waals surface area contributed by atoms with E-state index < -0.39 is 12.7 Å². The van der Waals surface area contributed by atoms with E-state index >= 15 is 0 Å². The van der Waals surface area contributed by atoms with E-state index in [0.717, 1.165) is 31.5 Å². The van der Waals surface area contributed by atoms with Gasteiger partial charge in [0.15, 0.2) is 5.82 Å². The van der Waals surface area contributed by atoms with Crippen molar-refractivity contribution in [3.05, 3.63) is 11.7 Å². The summed E-state index contributed by atoms with van der Waals surface area (Å²) in [5, 5.41) is 7.36. The molecule has 1 unspecified atom stereocenters. The molecule has 1 atom stereocenters. The van der Waals surface area contributed by atoms with Crippen molar-refractivity contribution in [1.29, 1.82) is 0 Å². The Morgan fingerprint density at radius 3 is 2.52 bits per heavy atom. The zero-order valence-electron chi connectivity index (χ0n) is 15.3. The fourth-order valence-corrected chi connectivity index (χ4v) is 3.16. The van der Waals surface area contributed by atoms with Crippen molar-refractivity contribution >= 4 is 0 Å². The first kappa shape index (κ1) is 20.2. The Hall–Kier alpha value is -1.15. The summed E-state index contributed by atoms with van der Waals surface area (Å²) in [5.41, 5.74) is 0. The van der Waals surface area contributed by atoms with Crippen LogP contribution in [0.4, 0.5) is 13.2 Å². The number of halogens is 3. The number of hydrogen-bond acceptors (Lipinski definition) is 5. The Bertz CT molecular complexity index is 510. The van der Waals surface area contributed by atoms with Crippen molar-refractivity contribution in [1.82, 2.24) is 20.4 Å². The maximum absolute atomic E-state index is 12.4. The highest BCUT2D eigenvalue weighted by Crippen LogP contribution is 2.24. The van der Waals surface area contributed by atoms with Gasteiger partial charge in [-0.15, -0.1) is 0 Å². The van der Waals surface area contributed by atoms with Crippen LogP contribution in [0.15, 0.2) is 4.52 Å². The van der Waals surface area contributed by atoms with E-state index in [-0.39, 0.29) is 6.04 Å². The third-order valence-corrected chi connectivity index (χ3v) is 4.77. The molecule has 1 aromatic heterocycles. The molecular formula is C17H29F3N4O. The van der Waals surface area contributed by atoms with Gasteiger partial charge in [0.2, 0.25) is 5.89 Å². The second kappa shape index (κ2) is 8.98. The van der Waals surface area contributed by atoms with Crippen molar-refractivity contribution in [3.8, 4) is 0 Å². The fourth-order valence-electron chi connectivity index (χ4n) is 3.16. The molecule has 1 N–H and O–H groups in total. The molecule has 144 valence electrons. The molecule has 0 spiro atoms. The van der Waals surface area contributed by atoms with Crippen molar-refractivity contribution < 1.29 is 17.7 Å². The number of nitrogens with zero attached hydrogens (tertiary/aromatic N) is 3. The number of aryl methyl sites for hydroxylation is 1. The molecule has 0 aromatic carbocycles. The van der Waals surface area contributed by atoms with Crippen LogP contribution < -0.4 is 5.32 Å². The zero-order valence-corrected chi connectivity index (χ0v) is 15.3. The minimum atomic E-state index is -4.11. The maximum Gasteiger partial charge on any atom is 0.401 e. The predicted octanol–water partition coefficient (Wildman–Crippen LogP) is 3.41. The SMILES string of the molecule is CC(C)CCc1noc(CNC(C)C2CCN(CC(F)(F)F)CC2)n1. The van der Waals surface area contributed by atoms with E-state index in [9.17, 15) is 13.2 Å². The van der Waals surface area contributed by atoms with Crippen LogP contribution in [-0.2, 0) is 13.0 Å². The summed E-state index contributed by atoms with van der Waals surface area (Å²) >= 11 is 0. The lowest BCUT2D eigenvalue weighted by Gasteiger charge is -2.35. The minimum absolute atomic E-state index is 0.207. The van der Waals surface area contributed by atoms with Crippen LogP contribution in [0.25, 0.3) is 0 Å². The van der Waals surface area contributed by atoms with E-state index in [4.69, 9.17) is 4.52 Å². The van der Waals surface area contributed by atoms with Crippen molar-refractivity contribution in [3.63, 3.8) is 0 Å². The standard InChI is InChI=1S/C17H29F3N4O/c1-12(2)4-5-15-22-16(25-23-15)10-21-13(3)14-6-8-24(9-7-14)11-17(18,19)20/h12-14,21H,4-11H2,1-3H3. The highest BCUT2D eigenvalue weighted by atomic mass is 19.4. The van der Waals surface area contributed by atoms with Crippen LogP contribution in [0.2, 0.25) is 0 Å². The number of aromatic nitrogens is 2. The molecule has 2 rings (SSSR count). The van der Waals surface area contributed by atoms with Gasteiger partial charge in [0.1, 0.15) is 0 Å². The van der Waals surface area contributed by atoms with Crippen LogP contribution in [0, 0.1) is 11.8 Å². The molecule has 2 heterocycles. The molecule has 1 aliphatic rings. The third kappa shape index (κ3) is 7.32. The molecule has 0 bridgehead atoms. The molecule has 0 saturated carbocycles. The Kier molecular flexibility index (Phi) is 7.25. The highest BCUT2D eigenvalue weighted by molar-refractivity contribution is 4.88. The zero-order chi connectivity index (χ0) is 18.4. The van der Waals surface area contributed by atoms with Crippen LogP contribution >= 0.6 is 0 Å². The molecule has 1 fully saturated rings. The van der Waals surface area contributed by atoms with Gasteiger partial charge in [-0.1, -0.05) is 19.0 Å². The first-order valence-electron chi connectivity index (χ1n) is 9.07. The van der Waals surface area contributed by atoms with Gasteiger partial charge in [0.05, 0.1) is 13.1 Å². The van der Waals surface area contributed by atoms with Crippen molar-refractivity contribution in [2.24, 2.45) is 11.8 Å². The topological polar surface area (TPSA) is 54.2 Å². The molecule has 8 heteroatoms. The predicted molar refractivity (Wildman–Crippen MR) is 89.0 cm³/mol. The minimum Gasteiger partial charge on any atom is -0.338 e. The van der Waals surface area contributed by atoms with E-state index in [1.807, 2.05) is 0 Å². The van der Waals surface area contributed by atoms with E-state index in [1.165, 1.54) is 4.90 Å². The number of piperidine rings is 1. The highest BCUT2D eigenvalue weighted by Gasteiger charge is 2.33. The lowest BCUT2D eigenvalue weighted by atomic mass is 9.90. The summed E-state index contributed by atoms with van der Waals surface area (Å²) in [5.74, 6) is 2.27. The molecule has 5 nitrogen and oxygen atoms in total. The lowest BCUT2D eigenvalue weighted by molar-refractivity contribution is -0.148. The Morgan fingerprint density at radius 2 is 1.92 bits per heavy atom. The van der Waals surface area contributed by atoms with Gasteiger partial charge in [-0.25, -0.2) is 0 Å². The Labute approximate surface area is 147 Å². The molecule has 1 aromatic rings. The second-order valence-electron chi connectivity index (χ2n) is 7.44. The lowest BCUT2D eigenvalue weighted by Crippen LogP contribution is -2.44. The number of nitrogens with one attached hydrogen (secondary N) is 1. The third-order valence-electron chi connectivity index (χ3n) is 4.77. The van der Waals surface area contributed by atoms with Crippen LogP contribution in [0.5, 0.6) is 0 Å². The number of hydrogen-bond donors (Lipinski definition) is 1. The Balaban J connectivity index is 1.70. The summed E-state index contributed by atoms with van der Waals surface area (Å²) in [4.78, 5) is 5.87. The van der Waals surface area contributed by atoms with Gasteiger partial charge in [-0.05, 0) is 51.1 Å². The summed E-state index contributed by atoms with van der Waals surface area (Å²) in [6.07, 6.45) is -0.725. The van der Waals surface area contributed by atoms with Gasteiger partial charge in [-0.2, -0.15) is 18.2 Å². The first-order chi connectivity index (χ1) is 11.7. The van der Waals surface area contributed by atoms with Gasteiger partial charge in [0, 0.05) is 12.5 Å². The van der Waals surface area contributed by atoms with Crippen LogP contribution in [0.1, 0.15) is 51.7 Å². The average molecular weight is 362 g/mol. The molecule has 1 aliphatic heterocycles.